The highest BCUT2D eigenvalue weighted by Gasteiger charge is 2.09. The second-order valence-electron chi connectivity index (χ2n) is 7.73. The zero-order chi connectivity index (χ0) is 24.5. The van der Waals surface area contributed by atoms with E-state index in [9.17, 15) is 4.79 Å². The second-order valence-corrected chi connectivity index (χ2v) is 7.73. The third-order valence-electron chi connectivity index (χ3n) is 4.99. The van der Waals surface area contributed by atoms with Crippen LogP contribution in [-0.4, -0.2) is 40.0 Å². The van der Waals surface area contributed by atoms with Gasteiger partial charge in [0.15, 0.2) is 0 Å². The van der Waals surface area contributed by atoms with Gasteiger partial charge >= 0.3 is 0 Å². The summed E-state index contributed by atoms with van der Waals surface area (Å²) >= 11 is 0. The van der Waals surface area contributed by atoms with E-state index in [1.807, 2.05) is 51.5 Å². The summed E-state index contributed by atoms with van der Waals surface area (Å²) in [6.07, 6.45) is 23.0. The van der Waals surface area contributed by atoms with Crippen LogP contribution in [0.3, 0.4) is 0 Å². The molecule has 1 heterocycles. The van der Waals surface area contributed by atoms with Crippen molar-refractivity contribution in [2.24, 2.45) is 0 Å². The quantitative estimate of drug-likeness (QED) is 0.218. The monoisotopic (exact) mass is 448 g/mol. The topological polar surface area (TPSA) is 50.2 Å². The molecule has 0 aliphatic rings. The van der Waals surface area contributed by atoms with Gasteiger partial charge in [0.25, 0.3) is 5.91 Å². The first-order valence-electron chi connectivity index (χ1n) is 11.5. The molecule has 1 rings (SSSR count). The van der Waals surface area contributed by atoms with Crippen molar-refractivity contribution in [3.8, 4) is 0 Å². The van der Waals surface area contributed by atoms with Gasteiger partial charge in [0.2, 0.25) is 0 Å². The normalized spacial score (nSPS) is 13.2. The highest BCUT2D eigenvalue weighted by atomic mass is 16.2. The number of imidazole rings is 1. The molecule has 0 saturated heterocycles. The molecule has 0 atom stereocenters. The molecule has 1 N–H and O–H groups in total. The molecule has 0 unspecified atom stereocenters. The van der Waals surface area contributed by atoms with Crippen LogP contribution in [-0.2, 0) is 17.8 Å². The molecule has 0 bridgehead atoms. The molecule has 0 aromatic carbocycles. The summed E-state index contributed by atoms with van der Waals surface area (Å²) in [5, 5.41) is 3.42. The molecule has 33 heavy (non-hydrogen) atoms. The lowest BCUT2D eigenvalue weighted by molar-refractivity contribution is -0.123. The maximum absolute atomic E-state index is 12.7. The Balaban J connectivity index is 2.59. The molecule has 5 heteroatoms. The van der Waals surface area contributed by atoms with Crippen LogP contribution >= 0.6 is 0 Å². The van der Waals surface area contributed by atoms with E-state index < -0.39 is 0 Å². The van der Waals surface area contributed by atoms with E-state index in [1.165, 1.54) is 5.57 Å². The number of carbonyl (C=O) groups excluding carboxylic acids is 1. The van der Waals surface area contributed by atoms with Gasteiger partial charge in [-0.25, -0.2) is 4.98 Å². The Morgan fingerprint density at radius 3 is 2.67 bits per heavy atom. The van der Waals surface area contributed by atoms with E-state index in [4.69, 9.17) is 0 Å². The number of aromatic nitrogens is 2. The minimum Gasteiger partial charge on any atom is -0.330 e. The largest absolute Gasteiger partial charge is 0.330 e. The third-order valence-corrected chi connectivity index (χ3v) is 4.99. The van der Waals surface area contributed by atoms with Gasteiger partial charge in [0.05, 0.1) is 12.9 Å². The molecule has 0 spiro atoms. The van der Waals surface area contributed by atoms with Crippen molar-refractivity contribution < 1.29 is 4.79 Å². The Morgan fingerprint density at radius 1 is 1.24 bits per heavy atom. The summed E-state index contributed by atoms with van der Waals surface area (Å²) in [5.74, 6) is -0.0582. The third kappa shape index (κ3) is 10.8. The molecule has 178 valence electrons. The van der Waals surface area contributed by atoms with Crippen molar-refractivity contribution in [1.29, 1.82) is 0 Å². The Hall–Kier alpha value is -3.18. The molecule has 0 saturated carbocycles. The van der Waals surface area contributed by atoms with Gasteiger partial charge in [-0.05, 0) is 38.3 Å². The number of nitrogens with zero attached hydrogens (tertiary/aromatic N) is 3. The number of amides is 1. The highest BCUT2D eigenvalue weighted by molar-refractivity contribution is 5.89. The van der Waals surface area contributed by atoms with Crippen LogP contribution in [0, 0.1) is 0 Å². The average Bonchev–Trinajstić information content (AvgIpc) is 3.24. The molecule has 1 aromatic rings. The lowest BCUT2D eigenvalue weighted by Gasteiger charge is -2.17. The van der Waals surface area contributed by atoms with Crippen molar-refractivity contribution in [1.82, 2.24) is 19.8 Å². The first kappa shape index (κ1) is 27.9. The molecule has 0 radical (unpaired) electrons. The molecule has 0 aliphatic heterocycles. The Morgan fingerprint density at radius 2 is 2.03 bits per heavy atom. The minimum atomic E-state index is -0.0582. The average molecular weight is 449 g/mol. The summed E-state index contributed by atoms with van der Waals surface area (Å²) in [6.45, 7) is 18.4. The van der Waals surface area contributed by atoms with Gasteiger partial charge in [-0.15, -0.1) is 0 Å². The first-order valence-corrected chi connectivity index (χ1v) is 11.5. The van der Waals surface area contributed by atoms with Crippen LogP contribution in [0.1, 0.15) is 39.8 Å². The van der Waals surface area contributed by atoms with Crippen molar-refractivity contribution >= 4 is 5.91 Å². The van der Waals surface area contributed by atoms with Crippen molar-refractivity contribution in [3.05, 3.63) is 103 Å². The summed E-state index contributed by atoms with van der Waals surface area (Å²) in [6, 6.07) is 0. The van der Waals surface area contributed by atoms with Gasteiger partial charge in [0.1, 0.15) is 0 Å². The van der Waals surface area contributed by atoms with E-state index in [-0.39, 0.29) is 5.91 Å². The fourth-order valence-electron chi connectivity index (χ4n) is 3.21. The first-order chi connectivity index (χ1) is 16.0. The number of rotatable bonds is 15. The van der Waals surface area contributed by atoms with E-state index >= 15 is 0 Å². The second kappa shape index (κ2) is 16.5. The summed E-state index contributed by atoms with van der Waals surface area (Å²) < 4.78 is 2.15. The van der Waals surface area contributed by atoms with Crippen LogP contribution in [0.2, 0.25) is 0 Å². The SMILES string of the molecule is C=C/C=C(\C=C/C)Cn1cncc1CCNC/C(C)=C/C(=O)N(C=C)CC(/C=C\CC)=C/C. The number of nitrogens with one attached hydrogen (secondary N) is 1. The molecule has 1 aromatic heterocycles. The van der Waals surface area contributed by atoms with Crippen LogP contribution in [0.4, 0.5) is 0 Å². The fraction of sp³-hybridized carbons (Fsp3) is 0.357. The zero-order valence-corrected chi connectivity index (χ0v) is 20.8. The van der Waals surface area contributed by atoms with Crippen LogP contribution in [0.15, 0.2) is 97.2 Å². The van der Waals surface area contributed by atoms with Crippen LogP contribution < -0.4 is 5.32 Å². The standard InChI is InChI=1S/C28H40N4O/c1-7-12-15-25(10-4)21-31(11-5)28(33)18-24(6)19-29-17-16-27-20-30-23-32(27)22-26(13-8-2)14-9-3/h8-15,18,20,23,29H,2,5,7,16-17,19,21-22H2,1,3-4,6H3/b14-9-,15-12-,24-18+,25-10+,26-13+. The van der Waals surface area contributed by atoms with Gasteiger partial charge in [-0.1, -0.05) is 68.2 Å². The Labute approximate surface area is 200 Å². The molecule has 5 nitrogen and oxygen atoms in total. The van der Waals surface area contributed by atoms with E-state index in [2.05, 4.69) is 53.2 Å². The molecule has 0 aliphatic carbocycles. The minimum absolute atomic E-state index is 0.0582. The van der Waals surface area contributed by atoms with Gasteiger partial charge in [-0.2, -0.15) is 0 Å². The maximum atomic E-state index is 12.7. The van der Waals surface area contributed by atoms with Gasteiger partial charge in [0, 0.05) is 50.2 Å². The van der Waals surface area contributed by atoms with Crippen molar-refractivity contribution in [3.63, 3.8) is 0 Å². The smallest absolute Gasteiger partial charge is 0.250 e. The zero-order valence-electron chi connectivity index (χ0n) is 20.8. The van der Waals surface area contributed by atoms with Crippen molar-refractivity contribution in [2.75, 3.05) is 19.6 Å². The predicted octanol–water partition coefficient (Wildman–Crippen LogP) is 5.53. The number of hydrogen-bond acceptors (Lipinski definition) is 3. The number of hydrogen-bond donors (Lipinski definition) is 1. The lowest BCUT2D eigenvalue weighted by Crippen LogP contribution is -2.27. The summed E-state index contributed by atoms with van der Waals surface area (Å²) in [4.78, 5) is 18.6. The van der Waals surface area contributed by atoms with Crippen LogP contribution in [0.25, 0.3) is 0 Å². The van der Waals surface area contributed by atoms with Gasteiger partial charge < -0.3 is 14.8 Å². The molecule has 1 amide bonds. The summed E-state index contributed by atoms with van der Waals surface area (Å²) in [5.41, 5.74) is 4.41. The maximum Gasteiger partial charge on any atom is 0.250 e. The van der Waals surface area contributed by atoms with Gasteiger partial charge in [-0.3, -0.25) is 4.79 Å². The molecule has 0 fully saturated rings. The van der Waals surface area contributed by atoms with E-state index in [0.29, 0.717) is 13.1 Å². The molecular weight excluding hydrogens is 408 g/mol. The predicted molar refractivity (Wildman–Crippen MR) is 141 cm³/mol. The number of allylic oxidation sites excluding steroid dienone is 7. The highest BCUT2D eigenvalue weighted by Crippen LogP contribution is 2.08. The van der Waals surface area contributed by atoms with E-state index in [1.54, 1.807) is 23.3 Å². The Kier molecular flexibility index (Phi) is 13.9. The fourth-order valence-corrected chi connectivity index (χ4v) is 3.21. The lowest BCUT2D eigenvalue weighted by atomic mass is 10.2. The van der Waals surface area contributed by atoms with Crippen LogP contribution in [0.5, 0.6) is 0 Å². The molecular formula is C28H40N4O. The van der Waals surface area contributed by atoms with E-state index in [0.717, 1.165) is 42.8 Å². The summed E-state index contributed by atoms with van der Waals surface area (Å²) in [7, 11) is 0. The van der Waals surface area contributed by atoms with Crippen molar-refractivity contribution in [2.45, 2.75) is 47.1 Å². The number of carbonyl (C=O) groups is 1. The Bertz CT molecular complexity index is 912.